The maximum Gasteiger partial charge on any atom is 0.276 e. The second-order valence-electron chi connectivity index (χ2n) is 5.38. The molecule has 2 aromatic rings. The first kappa shape index (κ1) is 21.0. The van der Waals surface area contributed by atoms with Crippen LogP contribution in [0.4, 0.5) is 0 Å². The average molecular weight is 403 g/mol. The van der Waals surface area contributed by atoms with E-state index in [1.165, 1.54) is 0 Å². The Hall–Kier alpha value is -3.33. The first-order valence-corrected chi connectivity index (χ1v) is 8.82. The van der Waals surface area contributed by atoms with Crippen molar-refractivity contribution in [3.63, 3.8) is 0 Å². The molecule has 2 rings (SSSR count). The molecule has 0 aliphatic rings. The molecule has 2 amide bonds. The molecule has 0 aliphatic carbocycles. The Morgan fingerprint density at radius 2 is 1.46 bits per heavy atom. The van der Waals surface area contributed by atoms with Crippen molar-refractivity contribution in [2.75, 3.05) is 20.3 Å². The van der Waals surface area contributed by atoms with E-state index >= 15 is 0 Å². The number of methoxy groups -OCH3 is 1. The van der Waals surface area contributed by atoms with E-state index in [0.717, 1.165) is 0 Å². The Morgan fingerprint density at radius 1 is 0.893 bits per heavy atom. The lowest BCUT2D eigenvalue weighted by Crippen LogP contribution is -2.49. The van der Waals surface area contributed by atoms with E-state index in [1.807, 2.05) is 6.92 Å². The number of ether oxygens (including phenoxy) is 3. The van der Waals surface area contributed by atoms with Crippen LogP contribution in [0.25, 0.3) is 0 Å². The van der Waals surface area contributed by atoms with Crippen molar-refractivity contribution in [2.24, 2.45) is 0 Å². The summed E-state index contributed by atoms with van der Waals surface area (Å²) < 4.78 is 15.7. The van der Waals surface area contributed by atoms with Crippen LogP contribution in [-0.4, -0.2) is 37.3 Å². The van der Waals surface area contributed by atoms with Crippen LogP contribution < -0.4 is 30.4 Å². The summed E-state index contributed by atoms with van der Waals surface area (Å²) in [5.74, 6) is 0.996. The van der Waals surface area contributed by atoms with Crippen LogP contribution in [0.1, 0.15) is 17.3 Å². The van der Waals surface area contributed by atoms with E-state index in [4.69, 9.17) is 26.4 Å². The maximum absolute atomic E-state index is 12.1. The molecule has 0 radical (unpaired) electrons. The van der Waals surface area contributed by atoms with E-state index < -0.39 is 11.8 Å². The number of carbonyl (C=O) groups is 2. The number of hydrogen-bond acceptors (Lipinski definition) is 6. The Kier molecular flexibility index (Phi) is 8.04. The maximum atomic E-state index is 12.1. The van der Waals surface area contributed by atoms with Gasteiger partial charge in [0.05, 0.1) is 13.7 Å². The molecule has 0 saturated carbocycles. The van der Waals surface area contributed by atoms with Crippen molar-refractivity contribution in [1.29, 1.82) is 0 Å². The van der Waals surface area contributed by atoms with Crippen LogP contribution in [0.3, 0.4) is 0 Å². The Bertz CT molecular complexity index is 809. The van der Waals surface area contributed by atoms with Gasteiger partial charge in [-0.05, 0) is 67.7 Å². The van der Waals surface area contributed by atoms with Crippen LogP contribution in [-0.2, 0) is 4.79 Å². The monoisotopic (exact) mass is 403 g/mol. The summed E-state index contributed by atoms with van der Waals surface area (Å²) in [6.45, 7) is 2.19. The van der Waals surface area contributed by atoms with E-state index in [0.29, 0.717) is 29.4 Å². The molecular weight excluding hydrogens is 382 g/mol. The molecule has 9 heteroatoms. The van der Waals surface area contributed by atoms with Gasteiger partial charge in [0.1, 0.15) is 17.2 Å². The predicted octanol–water partition coefficient (Wildman–Crippen LogP) is 1.81. The molecule has 0 atom stereocenters. The number of carbonyl (C=O) groups excluding carboxylic acids is 2. The van der Waals surface area contributed by atoms with Gasteiger partial charge in [0, 0.05) is 5.56 Å². The topological polar surface area (TPSA) is 97.9 Å². The summed E-state index contributed by atoms with van der Waals surface area (Å²) in [6.07, 6.45) is 0. The Morgan fingerprint density at radius 3 is 2.07 bits per heavy atom. The van der Waals surface area contributed by atoms with Gasteiger partial charge in [-0.25, -0.2) is 0 Å². The summed E-state index contributed by atoms with van der Waals surface area (Å²) in [5, 5.41) is 2.42. The van der Waals surface area contributed by atoms with Gasteiger partial charge in [0.25, 0.3) is 11.8 Å². The molecule has 0 bridgehead atoms. The van der Waals surface area contributed by atoms with Gasteiger partial charge in [-0.2, -0.15) is 0 Å². The second-order valence-corrected chi connectivity index (χ2v) is 5.79. The smallest absolute Gasteiger partial charge is 0.276 e. The van der Waals surface area contributed by atoms with Crippen molar-refractivity contribution >= 4 is 29.1 Å². The van der Waals surface area contributed by atoms with Gasteiger partial charge in [-0.1, -0.05) is 0 Å². The van der Waals surface area contributed by atoms with Crippen LogP contribution >= 0.6 is 12.2 Å². The fourth-order valence-corrected chi connectivity index (χ4v) is 2.20. The fraction of sp³-hybridized carbons (Fsp3) is 0.211. The van der Waals surface area contributed by atoms with Crippen LogP contribution in [0.2, 0.25) is 0 Å². The van der Waals surface area contributed by atoms with Crippen molar-refractivity contribution < 1.29 is 23.8 Å². The zero-order valence-corrected chi connectivity index (χ0v) is 16.3. The number of hydrazine groups is 1. The minimum Gasteiger partial charge on any atom is -0.497 e. The van der Waals surface area contributed by atoms with Gasteiger partial charge in [-0.3, -0.25) is 25.8 Å². The minimum atomic E-state index is -0.464. The molecule has 148 valence electrons. The third-order valence-corrected chi connectivity index (χ3v) is 3.60. The van der Waals surface area contributed by atoms with Gasteiger partial charge >= 0.3 is 0 Å². The zero-order valence-electron chi connectivity index (χ0n) is 15.5. The Labute approximate surface area is 168 Å². The number of hydrogen-bond donors (Lipinski definition) is 3. The normalized spacial score (nSPS) is 9.79. The van der Waals surface area contributed by atoms with Crippen molar-refractivity contribution in [3.05, 3.63) is 54.1 Å². The van der Waals surface area contributed by atoms with Gasteiger partial charge < -0.3 is 14.2 Å². The van der Waals surface area contributed by atoms with E-state index in [9.17, 15) is 9.59 Å². The molecule has 0 saturated heterocycles. The van der Waals surface area contributed by atoms with Gasteiger partial charge in [-0.15, -0.1) is 0 Å². The number of rotatable bonds is 7. The lowest BCUT2D eigenvalue weighted by Gasteiger charge is -2.12. The summed E-state index contributed by atoms with van der Waals surface area (Å²) in [4.78, 5) is 23.9. The quantitative estimate of drug-likeness (QED) is 0.479. The molecule has 0 heterocycles. The summed E-state index contributed by atoms with van der Waals surface area (Å²) in [7, 11) is 1.56. The predicted molar refractivity (Wildman–Crippen MR) is 107 cm³/mol. The van der Waals surface area contributed by atoms with Crippen molar-refractivity contribution in [3.8, 4) is 17.2 Å². The highest BCUT2D eigenvalue weighted by atomic mass is 32.1. The van der Waals surface area contributed by atoms with Gasteiger partial charge in [0.15, 0.2) is 11.7 Å². The number of thiocarbonyl (C=S) groups is 1. The zero-order chi connectivity index (χ0) is 20.4. The average Bonchev–Trinajstić information content (AvgIpc) is 2.71. The van der Waals surface area contributed by atoms with Gasteiger partial charge in [0.2, 0.25) is 0 Å². The summed E-state index contributed by atoms with van der Waals surface area (Å²) in [6, 6.07) is 13.4. The molecule has 8 nitrogen and oxygen atoms in total. The highest BCUT2D eigenvalue weighted by Gasteiger charge is 2.09. The third kappa shape index (κ3) is 6.76. The molecule has 0 aliphatic heterocycles. The van der Waals surface area contributed by atoms with E-state index in [-0.39, 0.29) is 11.7 Å². The fourth-order valence-electron chi connectivity index (χ4n) is 2.06. The van der Waals surface area contributed by atoms with Crippen LogP contribution in [0.15, 0.2) is 48.5 Å². The molecule has 0 unspecified atom stereocenters. The molecule has 28 heavy (non-hydrogen) atoms. The molecule has 0 spiro atoms. The minimum absolute atomic E-state index is 0.0447. The molecule has 2 aromatic carbocycles. The Balaban J connectivity index is 1.71. The van der Waals surface area contributed by atoms with Crippen LogP contribution in [0.5, 0.6) is 17.2 Å². The first-order valence-electron chi connectivity index (χ1n) is 8.41. The third-order valence-electron chi connectivity index (χ3n) is 3.40. The summed E-state index contributed by atoms with van der Waals surface area (Å²) >= 11 is 4.98. The molecular formula is C19H21N3O5S. The van der Waals surface area contributed by atoms with Crippen molar-refractivity contribution in [2.45, 2.75) is 6.92 Å². The summed E-state index contributed by atoms with van der Waals surface area (Å²) in [5.41, 5.74) is 5.19. The largest absolute Gasteiger partial charge is 0.497 e. The van der Waals surface area contributed by atoms with Crippen LogP contribution in [0, 0.1) is 0 Å². The lowest BCUT2D eigenvalue weighted by molar-refractivity contribution is -0.123. The van der Waals surface area contributed by atoms with E-state index in [2.05, 4.69) is 16.2 Å². The molecule has 0 fully saturated rings. The van der Waals surface area contributed by atoms with E-state index in [1.54, 1.807) is 55.6 Å². The SMILES string of the molecule is CCOc1ccc(C(=O)NC(=S)NNC(=O)COc2ccc(OC)cc2)cc1. The first-order chi connectivity index (χ1) is 13.5. The highest BCUT2D eigenvalue weighted by Crippen LogP contribution is 2.16. The number of amides is 2. The molecule has 0 aromatic heterocycles. The number of benzene rings is 2. The second kappa shape index (κ2) is 10.7. The number of nitrogens with one attached hydrogen (secondary N) is 3. The lowest BCUT2D eigenvalue weighted by atomic mass is 10.2. The molecule has 3 N–H and O–H groups in total. The van der Waals surface area contributed by atoms with Crippen molar-refractivity contribution in [1.82, 2.24) is 16.2 Å². The highest BCUT2D eigenvalue weighted by molar-refractivity contribution is 7.80. The standard InChI is InChI=1S/C19H21N3O5S/c1-3-26-15-6-4-13(5-7-15)18(24)20-19(28)22-21-17(23)12-27-16-10-8-14(25-2)9-11-16/h4-11H,3,12H2,1-2H3,(H,21,23)(H2,20,22,24,28).